The zero-order valence-electron chi connectivity index (χ0n) is 24.5. The molecule has 0 saturated heterocycles. The van der Waals surface area contributed by atoms with E-state index < -0.39 is 0 Å². The van der Waals surface area contributed by atoms with Crippen LogP contribution in [0.2, 0.25) is 0 Å². The van der Waals surface area contributed by atoms with Gasteiger partial charge in [0.1, 0.15) is 0 Å². The first kappa shape index (κ1) is 28.9. The minimum Gasteiger partial charge on any atom is -0.469 e. The molecular formula is C36H52O2. The molecule has 2 nitrogen and oxygen atoms in total. The van der Waals surface area contributed by atoms with Gasteiger partial charge in [0.05, 0.1) is 12.5 Å². The van der Waals surface area contributed by atoms with Crippen molar-refractivity contribution in [3.8, 4) is 11.1 Å². The molecule has 0 unspecified atom stereocenters. The monoisotopic (exact) mass is 516 g/mol. The van der Waals surface area contributed by atoms with E-state index in [4.69, 9.17) is 4.74 Å². The number of hydrogen-bond acceptors (Lipinski definition) is 2. The van der Waals surface area contributed by atoms with Crippen LogP contribution in [-0.4, -0.2) is 13.1 Å². The Labute approximate surface area is 233 Å². The summed E-state index contributed by atoms with van der Waals surface area (Å²) < 4.78 is 5.26. The molecule has 2 heteroatoms. The third-order valence-electron chi connectivity index (χ3n) is 9.98. The second-order valence-electron chi connectivity index (χ2n) is 12.5. The van der Waals surface area contributed by atoms with Gasteiger partial charge >= 0.3 is 5.97 Å². The number of esters is 1. The Morgan fingerprint density at radius 1 is 0.711 bits per heavy atom. The first-order valence-electron chi connectivity index (χ1n) is 15.9. The second kappa shape index (κ2) is 14.3. The molecule has 0 spiro atoms. The Morgan fingerprint density at radius 2 is 1.21 bits per heavy atom. The predicted octanol–water partition coefficient (Wildman–Crippen LogP) is 10.6. The summed E-state index contributed by atoms with van der Waals surface area (Å²) in [5, 5.41) is 0. The van der Waals surface area contributed by atoms with Crippen molar-refractivity contribution < 1.29 is 9.53 Å². The minimum absolute atomic E-state index is 0.0193. The van der Waals surface area contributed by atoms with Crippen molar-refractivity contribution in [1.82, 2.24) is 0 Å². The lowest BCUT2D eigenvalue weighted by atomic mass is 9.66. The molecule has 0 atom stereocenters. The second-order valence-corrected chi connectivity index (χ2v) is 12.5. The van der Waals surface area contributed by atoms with Crippen LogP contribution in [0.3, 0.4) is 0 Å². The van der Waals surface area contributed by atoms with Gasteiger partial charge in [-0.15, -0.1) is 0 Å². The maximum absolute atomic E-state index is 12.7. The molecule has 2 aromatic rings. The van der Waals surface area contributed by atoms with E-state index >= 15 is 0 Å². The summed E-state index contributed by atoms with van der Waals surface area (Å²) >= 11 is 0. The molecule has 38 heavy (non-hydrogen) atoms. The van der Waals surface area contributed by atoms with E-state index in [1.54, 1.807) is 7.11 Å². The molecule has 2 fully saturated rings. The van der Waals surface area contributed by atoms with Crippen LogP contribution in [0, 0.1) is 11.3 Å². The summed E-state index contributed by atoms with van der Waals surface area (Å²) in [4.78, 5) is 12.7. The fourth-order valence-corrected chi connectivity index (χ4v) is 7.35. The third kappa shape index (κ3) is 7.30. The average molecular weight is 517 g/mol. The van der Waals surface area contributed by atoms with Crippen LogP contribution in [0.15, 0.2) is 48.5 Å². The Hall–Kier alpha value is -2.09. The zero-order valence-corrected chi connectivity index (χ0v) is 24.5. The Bertz CT molecular complexity index is 957. The SMILES string of the molecule is CCCCCC1(C(=O)OC)CCC(c2ccc(-c3ccc([C@H]4CC[C@H](CCCCC)CC4)cc3)cc2)CC1. The summed E-state index contributed by atoms with van der Waals surface area (Å²) in [5.41, 5.74) is 5.33. The summed E-state index contributed by atoms with van der Waals surface area (Å²) in [5.74, 6) is 2.29. The lowest BCUT2D eigenvalue weighted by Gasteiger charge is -2.38. The zero-order chi connectivity index (χ0) is 26.8. The third-order valence-corrected chi connectivity index (χ3v) is 9.98. The molecule has 4 rings (SSSR count). The number of hydrogen-bond donors (Lipinski definition) is 0. The predicted molar refractivity (Wildman–Crippen MR) is 161 cm³/mol. The number of carbonyl (C=O) groups is 1. The Balaban J connectivity index is 1.30. The van der Waals surface area contributed by atoms with Crippen LogP contribution in [0.1, 0.15) is 140 Å². The van der Waals surface area contributed by atoms with Crippen molar-refractivity contribution in [2.24, 2.45) is 11.3 Å². The van der Waals surface area contributed by atoms with E-state index in [1.807, 2.05) is 0 Å². The number of methoxy groups -OCH3 is 1. The maximum Gasteiger partial charge on any atom is 0.311 e. The molecule has 2 aliphatic rings. The maximum atomic E-state index is 12.7. The molecule has 0 bridgehead atoms. The molecular weight excluding hydrogens is 464 g/mol. The van der Waals surface area contributed by atoms with Crippen molar-refractivity contribution in [2.45, 2.75) is 128 Å². The molecule has 0 radical (unpaired) electrons. The van der Waals surface area contributed by atoms with E-state index in [0.717, 1.165) is 50.4 Å². The smallest absolute Gasteiger partial charge is 0.311 e. The van der Waals surface area contributed by atoms with Gasteiger partial charge in [0.2, 0.25) is 0 Å². The van der Waals surface area contributed by atoms with Crippen molar-refractivity contribution in [3.63, 3.8) is 0 Å². The van der Waals surface area contributed by atoms with E-state index in [2.05, 4.69) is 62.4 Å². The van der Waals surface area contributed by atoms with Gasteiger partial charge in [0, 0.05) is 0 Å². The first-order valence-corrected chi connectivity index (χ1v) is 15.9. The van der Waals surface area contributed by atoms with Crippen molar-refractivity contribution >= 4 is 5.97 Å². The van der Waals surface area contributed by atoms with Gasteiger partial charge < -0.3 is 4.74 Å². The summed E-state index contributed by atoms with van der Waals surface area (Å²) in [7, 11) is 1.56. The number of carbonyl (C=O) groups excluding carboxylic acids is 1. The fourth-order valence-electron chi connectivity index (χ4n) is 7.35. The highest BCUT2D eigenvalue weighted by Crippen LogP contribution is 2.47. The van der Waals surface area contributed by atoms with Crippen LogP contribution in [0.4, 0.5) is 0 Å². The van der Waals surface area contributed by atoms with Gasteiger partial charge in [-0.25, -0.2) is 0 Å². The molecule has 0 heterocycles. The highest BCUT2D eigenvalue weighted by molar-refractivity contribution is 5.77. The van der Waals surface area contributed by atoms with E-state index in [1.165, 1.54) is 86.5 Å². The van der Waals surface area contributed by atoms with Gasteiger partial charge in [-0.2, -0.15) is 0 Å². The molecule has 2 aromatic carbocycles. The topological polar surface area (TPSA) is 26.3 Å². The van der Waals surface area contributed by atoms with Crippen LogP contribution < -0.4 is 0 Å². The molecule has 0 amide bonds. The van der Waals surface area contributed by atoms with E-state index in [-0.39, 0.29) is 11.4 Å². The summed E-state index contributed by atoms with van der Waals surface area (Å²) in [6.07, 6.45) is 19.7. The van der Waals surface area contributed by atoms with E-state index in [0.29, 0.717) is 5.92 Å². The lowest BCUT2D eigenvalue weighted by Crippen LogP contribution is -2.36. The Morgan fingerprint density at radius 3 is 1.71 bits per heavy atom. The standard InChI is InChI=1S/C36H52O2/c1-4-6-8-10-28-11-13-29(14-12-28)30-15-17-31(18-16-30)32-19-21-33(22-20-32)34-23-26-36(27-24-34,35(37)38-3)25-9-7-5-2/h15-22,28-29,34H,4-14,23-27H2,1-3H3/t28-,29-,34?,36?. The van der Waals surface area contributed by atoms with Crippen LogP contribution in [-0.2, 0) is 9.53 Å². The van der Waals surface area contributed by atoms with Crippen molar-refractivity contribution in [1.29, 1.82) is 0 Å². The largest absolute Gasteiger partial charge is 0.469 e. The summed E-state index contributed by atoms with van der Waals surface area (Å²) in [6.45, 7) is 4.53. The summed E-state index contributed by atoms with van der Waals surface area (Å²) in [6, 6.07) is 18.7. The molecule has 0 aliphatic heterocycles. The van der Waals surface area contributed by atoms with Gasteiger partial charge in [-0.05, 0) is 97.8 Å². The number of ether oxygens (including phenoxy) is 1. The molecule has 208 valence electrons. The normalized spacial score (nSPS) is 25.7. The highest BCUT2D eigenvalue weighted by atomic mass is 16.5. The highest BCUT2D eigenvalue weighted by Gasteiger charge is 2.42. The first-order chi connectivity index (χ1) is 18.6. The lowest BCUT2D eigenvalue weighted by molar-refractivity contribution is -0.155. The Kier molecular flexibility index (Phi) is 10.9. The van der Waals surface area contributed by atoms with Crippen molar-refractivity contribution in [2.75, 3.05) is 7.11 Å². The van der Waals surface area contributed by atoms with Gasteiger partial charge in [0.25, 0.3) is 0 Å². The fraction of sp³-hybridized carbons (Fsp3) is 0.639. The number of benzene rings is 2. The van der Waals surface area contributed by atoms with Gasteiger partial charge in [-0.1, -0.05) is 107 Å². The molecule has 0 aromatic heterocycles. The van der Waals surface area contributed by atoms with Crippen LogP contribution >= 0.6 is 0 Å². The molecule has 2 saturated carbocycles. The van der Waals surface area contributed by atoms with Crippen LogP contribution in [0.5, 0.6) is 0 Å². The van der Waals surface area contributed by atoms with Gasteiger partial charge in [-0.3, -0.25) is 4.79 Å². The van der Waals surface area contributed by atoms with Gasteiger partial charge in [0.15, 0.2) is 0 Å². The van der Waals surface area contributed by atoms with Crippen molar-refractivity contribution in [3.05, 3.63) is 59.7 Å². The van der Waals surface area contributed by atoms with Crippen LogP contribution in [0.25, 0.3) is 11.1 Å². The quantitative estimate of drug-likeness (QED) is 0.207. The molecule has 0 N–H and O–H groups in total. The molecule has 2 aliphatic carbocycles. The number of rotatable bonds is 12. The minimum atomic E-state index is -0.254. The van der Waals surface area contributed by atoms with E-state index in [9.17, 15) is 4.79 Å². The number of unbranched alkanes of at least 4 members (excludes halogenated alkanes) is 4. The average Bonchev–Trinajstić information content (AvgIpc) is 2.98.